The van der Waals surface area contributed by atoms with E-state index in [9.17, 15) is 9.59 Å². The summed E-state index contributed by atoms with van der Waals surface area (Å²) in [6, 6.07) is 8.43. The molecule has 0 bridgehead atoms. The fraction of sp³-hybridized carbons (Fsp3) is 0.545. The first-order valence-corrected chi connectivity index (χ1v) is 10.5. The van der Waals surface area contributed by atoms with E-state index in [1.165, 1.54) is 0 Å². The van der Waals surface area contributed by atoms with E-state index in [0.29, 0.717) is 12.8 Å². The smallest absolute Gasteiger partial charge is 0.408 e. The lowest BCUT2D eigenvalue weighted by Gasteiger charge is -2.21. The maximum absolute atomic E-state index is 12.3. The SMILES string of the molecule is CCC[C@@H](NC(=O)OCc1ccccc1)c1nnc([C@H](CC)NC(=O)OC(C)(C)C)o1. The van der Waals surface area contributed by atoms with Gasteiger partial charge in [0.05, 0.1) is 0 Å². The number of hydrogen-bond donors (Lipinski definition) is 2. The number of aromatic nitrogens is 2. The van der Waals surface area contributed by atoms with Gasteiger partial charge in [-0.1, -0.05) is 50.6 Å². The van der Waals surface area contributed by atoms with E-state index in [1.54, 1.807) is 20.8 Å². The normalized spacial score (nSPS) is 13.2. The lowest BCUT2D eigenvalue weighted by Crippen LogP contribution is -2.35. The molecule has 2 aromatic rings. The first-order chi connectivity index (χ1) is 14.7. The number of nitrogens with one attached hydrogen (secondary N) is 2. The molecular weight excluding hydrogens is 400 g/mol. The summed E-state index contributed by atoms with van der Waals surface area (Å²) in [5.41, 5.74) is 0.280. The molecule has 2 atom stereocenters. The van der Waals surface area contributed by atoms with Gasteiger partial charge in [-0.25, -0.2) is 9.59 Å². The van der Waals surface area contributed by atoms with Crippen LogP contribution in [-0.2, 0) is 16.1 Å². The Kier molecular flexibility index (Phi) is 8.84. The highest BCUT2D eigenvalue weighted by Crippen LogP contribution is 2.22. The molecule has 0 unspecified atom stereocenters. The number of rotatable bonds is 9. The minimum atomic E-state index is -0.612. The molecule has 0 saturated carbocycles. The predicted octanol–water partition coefficient (Wildman–Crippen LogP) is 4.81. The molecule has 0 spiro atoms. The van der Waals surface area contributed by atoms with Gasteiger partial charge in [0.1, 0.15) is 24.3 Å². The van der Waals surface area contributed by atoms with Crippen LogP contribution in [0.1, 0.15) is 83.3 Å². The summed E-state index contributed by atoms with van der Waals surface area (Å²) in [6.07, 6.45) is 0.784. The number of amides is 2. The number of carbonyl (C=O) groups excluding carboxylic acids is 2. The van der Waals surface area contributed by atoms with Crippen LogP contribution in [0.5, 0.6) is 0 Å². The summed E-state index contributed by atoms with van der Waals surface area (Å²) >= 11 is 0. The van der Waals surface area contributed by atoms with Crippen LogP contribution in [0.15, 0.2) is 34.7 Å². The molecule has 9 heteroatoms. The molecule has 0 saturated heterocycles. The Hall–Kier alpha value is -3.10. The van der Waals surface area contributed by atoms with Gasteiger partial charge >= 0.3 is 12.2 Å². The molecule has 0 aliphatic heterocycles. The van der Waals surface area contributed by atoms with E-state index in [1.807, 2.05) is 44.2 Å². The summed E-state index contributed by atoms with van der Waals surface area (Å²) in [5.74, 6) is 0.516. The van der Waals surface area contributed by atoms with Crippen molar-refractivity contribution in [3.05, 3.63) is 47.7 Å². The highest BCUT2D eigenvalue weighted by molar-refractivity contribution is 5.68. The van der Waals surface area contributed by atoms with Crippen LogP contribution in [0.4, 0.5) is 9.59 Å². The Balaban J connectivity index is 2.00. The molecule has 0 aliphatic carbocycles. The van der Waals surface area contributed by atoms with Gasteiger partial charge in [0.25, 0.3) is 0 Å². The van der Waals surface area contributed by atoms with Gasteiger partial charge in [-0.3, -0.25) is 0 Å². The van der Waals surface area contributed by atoms with Gasteiger partial charge in [-0.05, 0) is 39.2 Å². The fourth-order valence-corrected chi connectivity index (χ4v) is 2.77. The first kappa shape index (κ1) is 24.2. The molecule has 1 heterocycles. The third-order valence-electron chi connectivity index (χ3n) is 4.23. The maximum atomic E-state index is 12.3. The molecule has 9 nitrogen and oxygen atoms in total. The molecule has 1 aromatic carbocycles. The minimum absolute atomic E-state index is 0.165. The van der Waals surface area contributed by atoms with Crippen molar-refractivity contribution in [2.75, 3.05) is 0 Å². The van der Waals surface area contributed by atoms with Crippen LogP contribution >= 0.6 is 0 Å². The van der Waals surface area contributed by atoms with E-state index in [-0.39, 0.29) is 18.4 Å². The summed E-state index contributed by atoms with van der Waals surface area (Å²) in [4.78, 5) is 24.3. The monoisotopic (exact) mass is 432 g/mol. The highest BCUT2D eigenvalue weighted by Gasteiger charge is 2.26. The molecule has 0 aliphatic rings. The average molecular weight is 433 g/mol. The van der Waals surface area contributed by atoms with Gasteiger partial charge in [0.2, 0.25) is 11.8 Å². The van der Waals surface area contributed by atoms with Gasteiger partial charge in [-0.2, -0.15) is 0 Å². The largest absolute Gasteiger partial charge is 0.445 e. The van der Waals surface area contributed by atoms with E-state index >= 15 is 0 Å². The van der Waals surface area contributed by atoms with Crippen molar-refractivity contribution in [2.24, 2.45) is 0 Å². The summed E-state index contributed by atoms with van der Waals surface area (Å²) in [7, 11) is 0. The van der Waals surface area contributed by atoms with E-state index in [4.69, 9.17) is 13.9 Å². The Morgan fingerprint density at radius 3 is 2.19 bits per heavy atom. The number of alkyl carbamates (subject to hydrolysis) is 2. The predicted molar refractivity (Wildman–Crippen MR) is 114 cm³/mol. The molecule has 1 aromatic heterocycles. The fourth-order valence-electron chi connectivity index (χ4n) is 2.77. The molecule has 170 valence electrons. The zero-order valence-electron chi connectivity index (χ0n) is 18.8. The van der Waals surface area contributed by atoms with Crippen molar-refractivity contribution >= 4 is 12.2 Å². The zero-order valence-corrected chi connectivity index (χ0v) is 18.8. The quantitative estimate of drug-likeness (QED) is 0.584. The number of ether oxygens (including phenoxy) is 2. The number of benzene rings is 1. The Bertz CT molecular complexity index is 832. The molecule has 0 radical (unpaired) electrons. The topological polar surface area (TPSA) is 116 Å². The van der Waals surface area contributed by atoms with Crippen LogP contribution in [-0.4, -0.2) is 28.0 Å². The van der Waals surface area contributed by atoms with Gasteiger partial charge < -0.3 is 24.5 Å². The Labute approximate surface area is 182 Å². The van der Waals surface area contributed by atoms with Crippen molar-refractivity contribution in [1.29, 1.82) is 0 Å². The van der Waals surface area contributed by atoms with Crippen molar-refractivity contribution in [3.63, 3.8) is 0 Å². The number of carbonyl (C=O) groups is 2. The van der Waals surface area contributed by atoms with Crippen LogP contribution in [0.25, 0.3) is 0 Å². The highest BCUT2D eigenvalue weighted by atomic mass is 16.6. The Morgan fingerprint density at radius 2 is 1.61 bits per heavy atom. The molecule has 2 amide bonds. The number of nitrogens with zero attached hydrogens (tertiary/aromatic N) is 2. The Morgan fingerprint density at radius 1 is 1.00 bits per heavy atom. The second kappa shape index (κ2) is 11.3. The van der Waals surface area contributed by atoms with Gasteiger partial charge in [-0.15, -0.1) is 10.2 Å². The lowest BCUT2D eigenvalue weighted by molar-refractivity contribution is 0.0493. The van der Waals surface area contributed by atoms with Crippen LogP contribution in [0.2, 0.25) is 0 Å². The molecule has 2 rings (SSSR count). The van der Waals surface area contributed by atoms with Gasteiger partial charge in [0.15, 0.2) is 0 Å². The molecule has 0 fully saturated rings. The van der Waals surface area contributed by atoms with Gasteiger partial charge in [0, 0.05) is 0 Å². The van der Waals surface area contributed by atoms with Crippen molar-refractivity contribution in [1.82, 2.24) is 20.8 Å². The average Bonchev–Trinajstić information content (AvgIpc) is 3.19. The minimum Gasteiger partial charge on any atom is -0.445 e. The molecule has 31 heavy (non-hydrogen) atoms. The first-order valence-electron chi connectivity index (χ1n) is 10.5. The zero-order chi connectivity index (χ0) is 22.9. The maximum Gasteiger partial charge on any atom is 0.408 e. The lowest BCUT2D eigenvalue weighted by atomic mass is 10.2. The van der Waals surface area contributed by atoms with Crippen molar-refractivity contribution in [3.8, 4) is 0 Å². The van der Waals surface area contributed by atoms with E-state index in [0.717, 1.165) is 12.0 Å². The van der Waals surface area contributed by atoms with Crippen LogP contribution < -0.4 is 10.6 Å². The third-order valence-corrected chi connectivity index (χ3v) is 4.23. The molecular formula is C22H32N4O5. The van der Waals surface area contributed by atoms with Crippen molar-refractivity contribution < 1.29 is 23.5 Å². The summed E-state index contributed by atoms with van der Waals surface area (Å²) < 4.78 is 16.4. The second-order valence-electron chi connectivity index (χ2n) is 8.13. The summed E-state index contributed by atoms with van der Waals surface area (Å²) in [6.45, 7) is 9.40. The third kappa shape index (κ3) is 8.27. The van der Waals surface area contributed by atoms with Crippen molar-refractivity contribution in [2.45, 2.75) is 78.2 Å². The van der Waals surface area contributed by atoms with Crippen LogP contribution in [0.3, 0.4) is 0 Å². The molecule has 2 N–H and O–H groups in total. The van der Waals surface area contributed by atoms with E-state index < -0.39 is 29.9 Å². The standard InChI is InChI=1S/C22H32N4O5/c1-6-11-17(24-20(27)29-14-15-12-9-8-10-13-15)19-26-25-18(30-19)16(7-2)23-21(28)31-22(3,4)5/h8-10,12-13,16-17H,6-7,11,14H2,1-5H3,(H,23,28)(H,24,27)/t16-,17+/m0/s1. The second-order valence-corrected chi connectivity index (χ2v) is 8.13. The van der Waals surface area contributed by atoms with Crippen LogP contribution in [0, 0.1) is 0 Å². The number of hydrogen-bond acceptors (Lipinski definition) is 7. The van der Waals surface area contributed by atoms with E-state index in [2.05, 4.69) is 20.8 Å². The summed E-state index contributed by atoms with van der Waals surface area (Å²) in [5, 5.41) is 13.7.